The lowest BCUT2D eigenvalue weighted by atomic mass is 10.1. The molecule has 128 valence electrons. The van der Waals surface area contributed by atoms with Crippen LogP contribution in [0.4, 0.5) is 23.2 Å². The molecule has 0 spiro atoms. The molecule has 0 heterocycles. The molecule has 0 aliphatic heterocycles. The first-order valence-corrected chi connectivity index (χ1v) is 6.82. The number of ether oxygens (including phenoxy) is 1. The minimum absolute atomic E-state index is 0.106. The molecule has 0 atom stereocenters. The van der Waals surface area contributed by atoms with E-state index in [1.54, 1.807) is 0 Å². The molecular formula is C16H13F4NO3. The summed E-state index contributed by atoms with van der Waals surface area (Å²) in [5.74, 6) is -1.57. The van der Waals surface area contributed by atoms with E-state index in [9.17, 15) is 22.4 Å². The Bertz CT molecular complexity index is 714. The van der Waals surface area contributed by atoms with Gasteiger partial charge >= 0.3 is 6.18 Å². The van der Waals surface area contributed by atoms with Crippen LogP contribution in [-0.2, 0) is 6.18 Å². The van der Waals surface area contributed by atoms with Gasteiger partial charge < -0.3 is 15.2 Å². The van der Waals surface area contributed by atoms with Gasteiger partial charge in [-0.05, 0) is 42.5 Å². The van der Waals surface area contributed by atoms with Crippen LogP contribution in [0.5, 0.6) is 5.75 Å². The van der Waals surface area contributed by atoms with Gasteiger partial charge in [0.15, 0.2) is 0 Å². The van der Waals surface area contributed by atoms with Crippen molar-refractivity contribution in [1.29, 1.82) is 0 Å². The average Bonchev–Trinajstić information content (AvgIpc) is 2.52. The number of halogens is 4. The number of aliphatic hydroxyl groups excluding tert-OH is 1. The van der Waals surface area contributed by atoms with Gasteiger partial charge in [-0.15, -0.1) is 0 Å². The molecule has 2 aromatic rings. The van der Waals surface area contributed by atoms with Crippen LogP contribution in [0.2, 0.25) is 0 Å². The minimum atomic E-state index is -4.75. The fourth-order valence-electron chi connectivity index (χ4n) is 1.89. The van der Waals surface area contributed by atoms with Crippen molar-refractivity contribution in [2.45, 2.75) is 6.18 Å². The van der Waals surface area contributed by atoms with Crippen molar-refractivity contribution in [3.8, 4) is 5.75 Å². The molecule has 0 aliphatic carbocycles. The smallest absolute Gasteiger partial charge is 0.416 e. The van der Waals surface area contributed by atoms with Gasteiger partial charge in [-0.25, -0.2) is 4.39 Å². The number of carbonyl (C=O) groups is 1. The molecule has 0 unspecified atom stereocenters. The SMILES string of the molecule is O=C(Nc1ccc(OCCO)cc1)c1cc(F)cc(C(F)(F)F)c1. The summed E-state index contributed by atoms with van der Waals surface area (Å²) in [4.78, 5) is 12.0. The summed E-state index contributed by atoms with van der Waals surface area (Å²) in [6.07, 6.45) is -4.75. The normalized spacial score (nSPS) is 11.2. The second kappa shape index (κ2) is 7.31. The van der Waals surface area contributed by atoms with Crippen LogP contribution in [0, 0.1) is 5.82 Å². The predicted octanol–water partition coefficient (Wildman–Crippen LogP) is 3.47. The Balaban J connectivity index is 2.13. The number of benzene rings is 2. The Morgan fingerprint density at radius 1 is 1.12 bits per heavy atom. The number of alkyl halides is 3. The zero-order chi connectivity index (χ0) is 17.7. The lowest BCUT2D eigenvalue weighted by molar-refractivity contribution is -0.137. The third-order valence-corrected chi connectivity index (χ3v) is 2.96. The van der Waals surface area contributed by atoms with E-state index < -0.39 is 29.0 Å². The van der Waals surface area contributed by atoms with Crippen LogP contribution in [0.3, 0.4) is 0 Å². The number of rotatable bonds is 5. The topological polar surface area (TPSA) is 58.6 Å². The number of anilines is 1. The highest BCUT2D eigenvalue weighted by Gasteiger charge is 2.32. The quantitative estimate of drug-likeness (QED) is 0.818. The Morgan fingerprint density at radius 2 is 1.79 bits per heavy atom. The van der Waals surface area contributed by atoms with E-state index in [1.165, 1.54) is 24.3 Å². The van der Waals surface area contributed by atoms with Crippen LogP contribution >= 0.6 is 0 Å². The molecule has 2 aromatic carbocycles. The van der Waals surface area contributed by atoms with Gasteiger partial charge in [-0.2, -0.15) is 13.2 Å². The van der Waals surface area contributed by atoms with E-state index in [1.807, 2.05) is 0 Å². The Kier molecular flexibility index (Phi) is 5.40. The first-order valence-electron chi connectivity index (χ1n) is 6.82. The molecule has 4 nitrogen and oxygen atoms in total. The zero-order valence-electron chi connectivity index (χ0n) is 12.2. The number of aliphatic hydroxyl groups is 1. The minimum Gasteiger partial charge on any atom is -0.491 e. The Morgan fingerprint density at radius 3 is 2.38 bits per heavy atom. The second-order valence-electron chi connectivity index (χ2n) is 4.78. The first-order chi connectivity index (χ1) is 11.3. The van der Waals surface area contributed by atoms with Gasteiger partial charge in [0.25, 0.3) is 5.91 Å². The lowest BCUT2D eigenvalue weighted by Gasteiger charge is -2.10. The molecule has 2 N–H and O–H groups in total. The summed E-state index contributed by atoms with van der Waals surface area (Å²) >= 11 is 0. The molecule has 0 saturated heterocycles. The molecule has 2 rings (SSSR count). The highest BCUT2D eigenvalue weighted by atomic mass is 19.4. The van der Waals surface area contributed by atoms with E-state index in [2.05, 4.69) is 5.32 Å². The fraction of sp³-hybridized carbons (Fsp3) is 0.188. The maximum absolute atomic E-state index is 13.3. The molecule has 0 aliphatic rings. The molecule has 0 radical (unpaired) electrons. The molecule has 0 bridgehead atoms. The largest absolute Gasteiger partial charge is 0.491 e. The molecule has 24 heavy (non-hydrogen) atoms. The van der Waals surface area contributed by atoms with E-state index in [4.69, 9.17) is 9.84 Å². The van der Waals surface area contributed by atoms with Gasteiger partial charge in [0.1, 0.15) is 18.2 Å². The number of hydrogen-bond donors (Lipinski definition) is 2. The molecule has 8 heteroatoms. The number of hydrogen-bond acceptors (Lipinski definition) is 3. The van der Waals surface area contributed by atoms with Crippen LogP contribution in [0.15, 0.2) is 42.5 Å². The summed E-state index contributed by atoms with van der Waals surface area (Å²) in [6.45, 7) is -0.0468. The van der Waals surface area contributed by atoms with E-state index in [0.717, 1.165) is 6.07 Å². The van der Waals surface area contributed by atoms with Crippen molar-refractivity contribution in [2.24, 2.45) is 0 Å². The van der Waals surface area contributed by atoms with Gasteiger partial charge in [-0.1, -0.05) is 0 Å². The zero-order valence-corrected chi connectivity index (χ0v) is 12.2. The standard InChI is InChI=1S/C16H13F4NO3/c17-12-8-10(7-11(9-12)16(18,19)20)15(23)21-13-1-3-14(4-2-13)24-6-5-22/h1-4,7-9,22H,5-6H2,(H,21,23). The van der Waals surface area contributed by atoms with Crippen LogP contribution in [0.25, 0.3) is 0 Å². The van der Waals surface area contributed by atoms with Crippen LogP contribution < -0.4 is 10.1 Å². The van der Waals surface area contributed by atoms with Crippen molar-refractivity contribution in [2.75, 3.05) is 18.5 Å². The molecule has 0 aromatic heterocycles. The number of nitrogens with one attached hydrogen (secondary N) is 1. The van der Waals surface area contributed by atoms with Crippen LogP contribution in [0.1, 0.15) is 15.9 Å². The maximum atomic E-state index is 13.3. The van der Waals surface area contributed by atoms with Crippen LogP contribution in [-0.4, -0.2) is 24.2 Å². The summed E-state index contributed by atoms with van der Waals surface area (Å²) in [5, 5.41) is 11.0. The van der Waals surface area contributed by atoms with Gasteiger partial charge in [0.2, 0.25) is 0 Å². The fourth-order valence-corrected chi connectivity index (χ4v) is 1.89. The van der Waals surface area contributed by atoms with E-state index in [-0.39, 0.29) is 13.2 Å². The molecular weight excluding hydrogens is 330 g/mol. The van der Waals surface area contributed by atoms with E-state index >= 15 is 0 Å². The summed E-state index contributed by atoms with van der Waals surface area (Å²) < 4.78 is 56.4. The highest BCUT2D eigenvalue weighted by Crippen LogP contribution is 2.30. The highest BCUT2D eigenvalue weighted by molar-refractivity contribution is 6.04. The summed E-state index contributed by atoms with van der Waals surface area (Å²) in [7, 11) is 0. The lowest BCUT2D eigenvalue weighted by Crippen LogP contribution is -2.14. The average molecular weight is 343 g/mol. The van der Waals surface area contributed by atoms with E-state index in [0.29, 0.717) is 23.6 Å². The summed E-state index contributed by atoms with van der Waals surface area (Å²) in [5.41, 5.74) is -1.38. The Hall–Kier alpha value is -2.61. The molecule has 0 fully saturated rings. The summed E-state index contributed by atoms with van der Waals surface area (Å²) in [6, 6.07) is 7.59. The molecule has 0 saturated carbocycles. The number of carbonyl (C=O) groups excluding carboxylic acids is 1. The Labute approximate surface area is 134 Å². The number of amides is 1. The third kappa shape index (κ3) is 4.69. The maximum Gasteiger partial charge on any atom is 0.416 e. The third-order valence-electron chi connectivity index (χ3n) is 2.96. The predicted molar refractivity (Wildman–Crippen MR) is 78.4 cm³/mol. The second-order valence-corrected chi connectivity index (χ2v) is 4.78. The van der Waals surface area contributed by atoms with Gasteiger partial charge in [0.05, 0.1) is 12.2 Å². The van der Waals surface area contributed by atoms with Crippen molar-refractivity contribution >= 4 is 11.6 Å². The monoisotopic (exact) mass is 343 g/mol. The van der Waals surface area contributed by atoms with Crippen molar-refractivity contribution in [3.63, 3.8) is 0 Å². The van der Waals surface area contributed by atoms with Gasteiger partial charge in [-0.3, -0.25) is 4.79 Å². The molecule has 1 amide bonds. The van der Waals surface area contributed by atoms with Crippen molar-refractivity contribution in [1.82, 2.24) is 0 Å². The van der Waals surface area contributed by atoms with Crippen molar-refractivity contribution in [3.05, 3.63) is 59.4 Å². The van der Waals surface area contributed by atoms with Gasteiger partial charge in [0, 0.05) is 11.3 Å². The van der Waals surface area contributed by atoms with Crippen molar-refractivity contribution < 1.29 is 32.2 Å². The first kappa shape index (κ1) is 17.7.